The first-order valence-corrected chi connectivity index (χ1v) is 10.5. The Balaban J connectivity index is 1.39. The van der Waals surface area contributed by atoms with Crippen molar-refractivity contribution in [2.24, 2.45) is 5.92 Å². The predicted octanol–water partition coefficient (Wildman–Crippen LogP) is 3.31. The fraction of sp³-hybridized carbons (Fsp3) is 0.238. The molecule has 32 heavy (non-hydrogen) atoms. The average Bonchev–Trinajstić information content (AvgIpc) is 3.46. The van der Waals surface area contributed by atoms with Gasteiger partial charge in [-0.2, -0.15) is 0 Å². The number of anilines is 2. The van der Waals surface area contributed by atoms with Crippen molar-refractivity contribution in [1.29, 1.82) is 0 Å². The molecule has 11 heteroatoms. The first kappa shape index (κ1) is 21.6. The van der Waals surface area contributed by atoms with E-state index >= 15 is 0 Å². The van der Waals surface area contributed by atoms with Crippen LogP contribution in [-0.2, 0) is 20.9 Å². The second-order valence-electron chi connectivity index (χ2n) is 7.20. The molecule has 8 nitrogen and oxygen atoms in total. The monoisotopic (exact) mass is 460 g/mol. The Kier molecular flexibility index (Phi) is 5.99. The molecule has 3 amide bonds. The van der Waals surface area contributed by atoms with E-state index in [1.54, 1.807) is 17.5 Å². The Morgan fingerprint density at radius 2 is 2.09 bits per heavy atom. The van der Waals surface area contributed by atoms with Gasteiger partial charge in [-0.1, -0.05) is 0 Å². The number of thiazole rings is 1. The van der Waals surface area contributed by atoms with Crippen LogP contribution in [0.25, 0.3) is 11.5 Å². The summed E-state index contributed by atoms with van der Waals surface area (Å²) in [5.41, 5.74) is 0.452. The van der Waals surface area contributed by atoms with E-state index < -0.39 is 29.4 Å². The van der Waals surface area contributed by atoms with E-state index in [1.807, 2.05) is 0 Å². The number of nitrogens with one attached hydrogen (secondary N) is 2. The number of nitrogens with zero attached hydrogens (tertiary/aromatic N) is 2. The number of carbonyl (C=O) groups is 3. The maximum absolute atomic E-state index is 14.0. The minimum atomic E-state index is -0.861. The Morgan fingerprint density at radius 1 is 1.28 bits per heavy atom. The highest BCUT2D eigenvalue weighted by molar-refractivity contribution is 7.14. The van der Waals surface area contributed by atoms with Crippen LogP contribution < -0.4 is 15.5 Å². The summed E-state index contributed by atoms with van der Waals surface area (Å²) < 4.78 is 32.8. The number of aromatic nitrogens is 1. The molecule has 1 atom stereocenters. The zero-order valence-corrected chi connectivity index (χ0v) is 17.7. The second kappa shape index (κ2) is 8.87. The molecule has 0 aliphatic carbocycles. The molecule has 0 spiro atoms. The zero-order chi connectivity index (χ0) is 22.8. The fourth-order valence-electron chi connectivity index (χ4n) is 3.29. The molecule has 4 rings (SSSR count). The molecule has 1 saturated heterocycles. The van der Waals surface area contributed by atoms with E-state index in [0.717, 1.165) is 11.0 Å². The van der Waals surface area contributed by atoms with Crippen LogP contribution in [0, 0.1) is 17.6 Å². The summed E-state index contributed by atoms with van der Waals surface area (Å²) in [7, 11) is 0. The van der Waals surface area contributed by atoms with Gasteiger partial charge < -0.3 is 20.0 Å². The van der Waals surface area contributed by atoms with Crippen LogP contribution in [0.15, 0.2) is 40.1 Å². The van der Waals surface area contributed by atoms with Crippen molar-refractivity contribution < 1.29 is 27.6 Å². The van der Waals surface area contributed by atoms with E-state index in [9.17, 15) is 23.2 Å². The topological polar surface area (TPSA) is 105 Å². The molecule has 2 N–H and O–H groups in total. The lowest BCUT2D eigenvalue weighted by Gasteiger charge is -2.17. The highest BCUT2D eigenvalue weighted by atomic mass is 32.1. The lowest BCUT2D eigenvalue weighted by Crippen LogP contribution is -2.28. The van der Waals surface area contributed by atoms with Crippen LogP contribution in [0.5, 0.6) is 0 Å². The third-order valence-corrected chi connectivity index (χ3v) is 5.61. The molecule has 1 fully saturated rings. The van der Waals surface area contributed by atoms with Crippen LogP contribution in [0.1, 0.15) is 19.1 Å². The predicted molar refractivity (Wildman–Crippen MR) is 113 cm³/mol. The van der Waals surface area contributed by atoms with Gasteiger partial charge >= 0.3 is 0 Å². The molecule has 166 valence electrons. The number of furan rings is 1. The van der Waals surface area contributed by atoms with Crippen molar-refractivity contribution in [3.8, 4) is 11.5 Å². The summed E-state index contributed by atoms with van der Waals surface area (Å²) in [6.07, 6.45) is -0.0917. The molecular weight excluding hydrogens is 442 g/mol. The Hall–Kier alpha value is -3.60. The maximum atomic E-state index is 14.0. The summed E-state index contributed by atoms with van der Waals surface area (Å²) in [6.45, 7) is 1.65. The van der Waals surface area contributed by atoms with Crippen molar-refractivity contribution in [2.45, 2.75) is 19.9 Å². The SMILES string of the molecule is CC(=O)NCc1ccc(-c2csc(NC(=O)C3CC(=O)N(c4ccc(F)cc4F)C3)n2)o1. The van der Waals surface area contributed by atoms with Gasteiger partial charge in [0.1, 0.15) is 23.1 Å². The average molecular weight is 460 g/mol. The number of carbonyl (C=O) groups excluding carboxylic acids is 3. The number of halogens is 2. The van der Waals surface area contributed by atoms with E-state index in [0.29, 0.717) is 28.4 Å². The molecule has 1 aliphatic heterocycles. The summed E-state index contributed by atoms with van der Waals surface area (Å²) in [5, 5.41) is 7.34. The maximum Gasteiger partial charge on any atom is 0.231 e. The summed E-state index contributed by atoms with van der Waals surface area (Å²) >= 11 is 1.19. The fourth-order valence-corrected chi connectivity index (χ4v) is 3.99. The van der Waals surface area contributed by atoms with Crippen LogP contribution in [0.2, 0.25) is 0 Å². The third-order valence-electron chi connectivity index (χ3n) is 4.86. The van der Waals surface area contributed by atoms with Gasteiger partial charge in [-0.05, 0) is 24.3 Å². The molecule has 1 unspecified atom stereocenters. The summed E-state index contributed by atoms with van der Waals surface area (Å²) in [4.78, 5) is 41.4. The van der Waals surface area contributed by atoms with Crippen molar-refractivity contribution in [3.05, 3.63) is 53.1 Å². The zero-order valence-electron chi connectivity index (χ0n) is 16.9. The molecule has 1 aromatic carbocycles. The third kappa shape index (κ3) is 4.67. The number of amides is 3. The second-order valence-corrected chi connectivity index (χ2v) is 8.06. The lowest BCUT2D eigenvalue weighted by molar-refractivity contribution is -0.122. The smallest absolute Gasteiger partial charge is 0.231 e. The lowest BCUT2D eigenvalue weighted by atomic mass is 10.1. The number of benzene rings is 1. The Bertz CT molecular complexity index is 1190. The van der Waals surface area contributed by atoms with E-state index in [1.165, 1.54) is 24.3 Å². The molecule has 2 aromatic heterocycles. The number of hydrogen-bond donors (Lipinski definition) is 2. The summed E-state index contributed by atoms with van der Waals surface area (Å²) in [6, 6.07) is 6.37. The van der Waals surface area contributed by atoms with E-state index in [2.05, 4.69) is 15.6 Å². The Morgan fingerprint density at radius 3 is 2.84 bits per heavy atom. The minimum absolute atomic E-state index is 0.0177. The molecule has 0 radical (unpaired) electrons. The van der Waals surface area contributed by atoms with E-state index in [-0.39, 0.29) is 31.1 Å². The van der Waals surface area contributed by atoms with Crippen molar-refractivity contribution >= 4 is 39.9 Å². The van der Waals surface area contributed by atoms with Gasteiger partial charge in [-0.3, -0.25) is 14.4 Å². The van der Waals surface area contributed by atoms with Crippen molar-refractivity contribution in [1.82, 2.24) is 10.3 Å². The standard InChI is InChI=1S/C21H18F2N4O4S/c1-11(28)24-8-14-3-5-18(31-14)16-10-32-21(25-16)26-20(30)12-6-19(29)27(9-12)17-4-2-13(22)7-15(17)23/h2-5,7,10,12H,6,8-9H2,1H3,(H,24,28)(H,25,26,30). The number of rotatable bonds is 6. The van der Waals surface area contributed by atoms with Crippen LogP contribution >= 0.6 is 11.3 Å². The van der Waals surface area contributed by atoms with Gasteiger partial charge in [-0.15, -0.1) is 11.3 Å². The largest absolute Gasteiger partial charge is 0.458 e. The summed E-state index contributed by atoms with van der Waals surface area (Å²) in [5.74, 6) is -2.28. The Labute approximate surface area is 185 Å². The quantitative estimate of drug-likeness (QED) is 0.587. The van der Waals surface area contributed by atoms with Gasteiger partial charge in [0.15, 0.2) is 10.9 Å². The van der Waals surface area contributed by atoms with Gasteiger partial charge in [0.2, 0.25) is 17.7 Å². The van der Waals surface area contributed by atoms with Crippen molar-refractivity contribution in [2.75, 3.05) is 16.8 Å². The van der Waals surface area contributed by atoms with Gasteiger partial charge in [0, 0.05) is 31.3 Å². The molecule has 3 heterocycles. The van der Waals surface area contributed by atoms with Crippen LogP contribution in [0.4, 0.5) is 19.6 Å². The molecular formula is C21H18F2N4O4S. The first-order valence-electron chi connectivity index (χ1n) is 9.65. The van der Waals surface area contributed by atoms with E-state index in [4.69, 9.17) is 4.42 Å². The molecule has 1 aliphatic rings. The molecule has 0 saturated carbocycles. The van der Waals surface area contributed by atoms with Crippen molar-refractivity contribution in [3.63, 3.8) is 0 Å². The van der Waals surface area contributed by atoms with Crippen LogP contribution in [-0.4, -0.2) is 29.3 Å². The van der Waals surface area contributed by atoms with Gasteiger partial charge in [0.25, 0.3) is 0 Å². The highest BCUT2D eigenvalue weighted by Gasteiger charge is 2.36. The first-order chi connectivity index (χ1) is 15.3. The molecule has 0 bridgehead atoms. The minimum Gasteiger partial charge on any atom is -0.458 e. The van der Waals surface area contributed by atoms with Crippen LogP contribution in [0.3, 0.4) is 0 Å². The normalized spacial score (nSPS) is 15.8. The number of hydrogen-bond acceptors (Lipinski definition) is 6. The molecule has 3 aromatic rings. The highest BCUT2D eigenvalue weighted by Crippen LogP contribution is 2.30. The van der Waals surface area contributed by atoms with Gasteiger partial charge in [-0.25, -0.2) is 13.8 Å². The van der Waals surface area contributed by atoms with Gasteiger partial charge in [0.05, 0.1) is 18.2 Å².